The van der Waals surface area contributed by atoms with Crippen molar-refractivity contribution in [2.75, 3.05) is 19.8 Å². The topological polar surface area (TPSA) is 100 Å². The minimum Gasteiger partial charge on any atom is -0.492 e. The molecule has 0 atom stereocenters. The van der Waals surface area contributed by atoms with Crippen LogP contribution in [0.1, 0.15) is 24.8 Å². The normalized spacial score (nSPS) is 16.0. The first kappa shape index (κ1) is 20.5. The molecule has 4 aromatic rings. The lowest BCUT2D eigenvalue weighted by Crippen LogP contribution is -2.31. The maximum Gasteiger partial charge on any atom is 0.187 e. The number of fused-ring (bicyclic) bond motifs is 3. The summed E-state index contributed by atoms with van der Waals surface area (Å²) in [6, 6.07) is 6.40. The van der Waals surface area contributed by atoms with E-state index < -0.39 is 5.60 Å². The molecule has 0 radical (unpaired) electrons. The summed E-state index contributed by atoms with van der Waals surface area (Å²) in [5, 5.41) is 19.7. The number of hydrogen-bond acceptors (Lipinski definition) is 8. The number of thiazole rings is 1. The average molecular weight is 465 g/mol. The lowest BCUT2D eigenvalue weighted by atomic mass is 10.0. The van der Waals surface area contributed by atoms with Crippen molar-refractivity contribution in [3.8, 4) is 39.0 Å². The van der Waals surface area contributed by atoms with Gasteiger partial charge >= 0.3 is 0 Å². The second kappa shape index (κ2) is 7.75. The highest BCUT2D eigenvalue weighted by atomic mass is 32.1. The summed E-state index contributed by atoms with van der Waals surface area (Å²) in [4.78, 5) is 10.6. The quantitative estimate of drug-likeness (QED) is 0.484. The van der Waals surface area contributed by atoms with E-state index in [4.69, 9.17) is 14.5 Å². The summed E-state index contributed by atoms with van der Waals surface area (Å²) in [6.45, 7) is 5.88. The number of ether oxygens (including phenoxy) is 2. The smallest absolute Gasteiger partial charge is 0.187 e. The molecule has 9 nitrogen and oxygen atoms in total. The Morgan fingerprint density at radius 2 is 2.09 bits per heavy atom. The fourth-order valence-corrected chi connectivity index (χ4v) is 5.17. The number of nitrogens with zero attached hydrogens (tertiary/aromatic N) is 6. The van der Waals surface area contributed by atoms with Crippen molar-refractivity contribution in [1.82, 2.24) is 29.5 Å². The van der Waals surface area contributed by atoms with E-state index in [-0.39, 0.29) is 6.04 Å². The highest BCUT2D eigenvalue weighted by molar-refractivity contribution is 7.15. The molecule has 33 heavy (non-hydrogen) atoms. The van der Waals surface area contributed by atoms with E-state index in [1.165, 1.54) is 4.88 Å². The molecule has 0 amide bonds. The summed E-state index contributed by atoms with van der Waals surface area (Å²) < 4.78 is 15.1. The molecule has 2 aliphatic heterocycles. The second-order valence-corrected chi connectivity index (χ2v) is 10.1. The maximum atomic E-state index is 10.1. The largest absolute Gasteiger partial charge is 0.492 e. The van der Waals surface area contributed by atoms with Crippen LogP contribution in [-0.4, -0.2) is 60.1 Å². The van der Waals surface area contributed by atoms with Crippen molar-refractivity contribution in [2.45, 2.75) is 38.5 Å². The fraction of sp³-hybridized carbons (Fsp3) is 0.391. The summed E-state index contributed by atoms with van der Waals surface area (Å²) in [6.07, 6.45) is 6.14. The standard InChI is InChI=1S/C23H24N6O3S/c1-23(2,30)12-28-9-15(8-25-28)14-3-4-17-18(7-14)32-6-5-19-20(17)27-22(33-19)21-24-13-26-29(21)16-10-31-11-16/h3-4,7-9,13,16,30H,5-6,10-12H2,1-2H3. The first-order valence-corrected chi connectivity index (χ1v) is 11.8. The summed E-state index contributed by atoms with van der Waals surface area (Å²) in [5.41, 5.74) is 3.10. The van der Waals surface area contributed by atoms with Gasteiger partial charge in [0.15, 0.2) is 10.8 Å². The first-order chi connectivity index (χ1) is 15.9. The van der Waals surface area contributed by atoms with Gasteiger partial charge in [-0.05, 0) is 31.5 Å². The highest BCUT2D eigenvalue weighted by Crippen LogP contribution is 2.41. The van der Waals surface area contributed by atoms with Crippen LogP contribution in [0.2, 0.25) is 0 Å². The van der Waals surface area contributed by atoms with Gasteiger partial charge in [0.1, 0.15) is 18.1 Å². The van der Waals surface area contributed by atoms with Crippen LogP contribution in [0.15, 0.2) is 36.9 Å². The Kier molecular flexibility index (Phi) is 4.82. The SMILES string of the molecule is CC(C)(O)Cn1cc(-c2ccc3c(c2)OCCc2sc(-c4ncnn4C4COC4)nc2-3)cn1. The Morgan fingerprint density at radius 3 is 2.88 bits per heavy atom. The zero-order valence-electron chi connectivity index (χ0n) is 18.4. The summed E-state index contributed by atoms with van der Waals surface area (Å²) in [5.74, 6) is 1.60. The Labute approximate surface area is 194 Å². The van der Waals surface area contributed by atoms with E-state index in [2.05, 4.69) is 27.3 Å². The van der Waals surface area contributed by atoms with Crippen molar-refractivity contribution in [3.63, 3.8) is 0 Å². The highest BCUT2D eigenvalue weighted by Gasteiger charge is 2.28. The van der Waals surface area contributed by atoms with Crippen LogP contribution in [0.5, 0.6) is 5.75 Å². The molecule has 1 fully saturated rings. The molecule has 0 saturated carbocycles. The molecule has 0 spiro atoms. The Balaban J connectivity index is 1.34. The van der Waals surface area contributed by atoms with Gasteiger partial charge in [-0.25, -0.2) is 14.6 Å². The molecular weight excluding hydrogens is 440 g/mol. The third-order valence-electron chi connectivity index (χ3n) is 5.77. The van der Waals surface area contributed by atoms with Crippen LogP contribution in [-0.2, 0) is 17.7 Å². The third kappa shape index (κ3) is 3.84. The van der Waals surface area contributed by atoms with Gasteiger partial charge in [0.25, 0.3) is 0 Å². The van der Waals surface area contributed by atoms with Crippen LogP contribution < -0.4 is 4.74 Å². The van der Waals surface area contributed by atoms with Gasteiger partial charge in [-0.3, -0.25) is 4.68 Å². The molecule has 5 heterocycles. The first-order valence-electron chi connectivity index (χ1n) is 10.9. The molecule has 170 valence electrons. The molecular formula is C23H24N6O3S. The fourth-order valence-electron chi connectivity index (χ4n) is 4.13. The van der Waals surface area contributed by atoms with Crippen molar-refractivity contribution in [2.24, 2.45) is 0 Å². The number of rotatable bonds is 5. The molecule has 1 saturated heterocycles. The van der Waals surface area contributed by atoms with Crippen LogP contribution >= 0.6 is 11.3 Å². The lowest BCUT2D eigenvalue weighted by Gasteiger charge is -2.26. The van der Waals surface area contributed by atoms with E-state index >= 15 is 0 Å². The van der Waals surface area contributed by atoms with Crippen molar-refractivity contribution >= 4 is 11.3 Å². The van der Waals surface area contributed by atoms with Gasteiger partial charge < -0.3 is 14.6 Å². The van der Waals surface area contributed by atoms with E-state index in [0.717, 1.165) is 45.4 Å². The average Bonchev–Trinajstić information content (AvgIpc) is 3.44. The monoisotopic (exact) mass is 464 g/mol. The van der Waals surface area contributed by atoms with Gasteiger partial charge in [-0.2, -0.15) is 10.2 Å². The zero-order chi connectivity index (χ0) is 22.6. The molecule has 6 rings (SSSR count). The van der Waals surface area contributed by atoms with Crippen LogP contribution in [0, 0.1) is 0 Å². The second-order valence-electron chi connectivity index (χ2n) is 9.06. The molecule has 1 N–H and O–H groups in total. The molecule has 0 bridgehead atoms. The predicted molar refractivity (Wildman–Crippen MR) is 123 cm³/mol. The van der Waals surface area contributed by atoms with Crippen molar-refractivity contribution in [1.29, 1.82) is 0 Å². The Bertz CT molecular complexity index is 1310. The number of benzene rings is 1. The van der Waals surface area contributed by atoms with E-state index in [1.807, 2.05) is 23.1 Å². The molecule has 0 aliphatic carbocycles. The van der Waals surface area contributed by atoms with E-state index in [9.17, 15) is 5.11 Å². The van der Waals surface area contributed by atoms with Gasteiger partial charge in [0.05, 0.1) is 43.9 Å². The van der Waals surface area contributed by atoms with Crippen molar-refractivity contribution < 1.29 is 14.6 Å². The maximum absolute atomic E-state index is 10.1. The Hall–Kier alpha value is -3.08. The van der Waals surface area contributed by atoms with Gasteiger partial charge in [0.2, 0.25) is 0 Å². The minimum atomic E-state index is -0.825. The van der Waals surface area contributed by atoms with Gasteiger partial charge in [0, 0.05) is 28.6 Å². The third-order valence-corrected chi connectivity index (χ3v) is 6.88. The van der Waals surface area contributed by atoms with Crippen LogP contribution in [0.3, 0.4) is 0 Å². The Morgan fingerprint density at radius 1 is 1.21 bits per heavy atom. The minimum absolute atomic E-state index is 0.224. The van der Waals surface area contributed by atoms with Crippen LogP contribution in [0.25, 0.3) is 33.2 Å². The summed E-state index contributed by atoms with van der Waals surface area (Å²) in [7, 11) is 0. The molecule has 2 aliphatic rings. The summed E-state index contributed by atoms with van der Waals surface area (Å²) >= 11 is 1.65. The van der Waals surface area contributed by atoms with Crippen LogP contribution in [0.4, 0.5) is 0 Å². The molecule has 0 unspecified atom stereocenters. The van der Waals surface area contributed by atoms with E-state index in [0.29, 0.717) is 26.4 Å². The number of hydrogen-bond donors (Lipinski definition) is 1. The lowest BCUT2D eigenvalue weighted by molar-refractivity contribution is -0.0279. The molecule has 1 aromatic carbocycles. The predicted octanol–water partition coefficient (Wildman–Crippen LogP) is 3.21. The number of aliphatic hydroxyl groups is 1. The van der Waals surface area contributed by atoms with Gasteiger partial charge in [-0.1, -0.05) is 6.07 Å². The van der Waals surface area contributed by atoms with Gasteiger partial charge in [-0.15, -0.1) is 11.3 Å². The van der Waals surface area contributed by atoms with Crippen molar-refractivity contribution in [3.05, 3.63) is 41.8 Å². The zero-order valence-corrected chi connectivity index (χ0v) is 19.2. The molecule has 3 aromatic heterocycles. The van der Waals surface area contributed by atoms with E-state index in [1.54, 1.807) is 36.2 Å². The number of aromatic nitrogens is 6. The molecule has 10 heteroatoms.